The van der Waals surface area contributed by atoms with Gasteiger partial charge in [-0.3, -0.25) is 9.59 Å². The SMILES string of the molecule is C[C@H]1COCCN1C(=O)CC[C@@H]1Cc2ccccc2NC1=O. The van der Waals surface area contributed by atoms with Crippen LogP contribution < -0.4 is 5.32 Å². The number of carbonyl (C=O) groups is 2. The molecule has 0 bridgehead atoms. The first-order valence-corrected chi connectivity index (χ1v) is 7.91. The maximum absolute atomic E-state index is 12.3. The summed E-state index contributed by atoms with van der Waals surface area (Å²) in [6.45, 7) is 3.86. The average molecular weight is 302 g/mol. The molecule has 0 saturated carbocycles. The number of rotatable bonds is 3. The van der Waals surface area contributed by atoms with Gasteiger partial charge in [0.05, 0.1) is 19.3 Å². The quantitative estimate of drug-likeness (QED) is 0.926. The minimum Gasteiger partial charge on any atom is -0.377 e. The second-order valence-electron chi connectivity index (χ2n) is 6.10. The Labute approximate surface area is 130 Å². The second kappa shape index (κ2) is 6.48. The Hall–Kier alpha value is -1.88. The normalized spacial score (nSPS) is 24.6. The third-order valence-electron chi connectivity index (χ3n) is 4.51. The van der Waals surface area contributed by atoms with Gasteiger partial charge in [-0.2, -0.15) is 0 Å². The van der Waals surface area contributed by atoms with Crippen LogP contribution in [0.5, 0.6) is 0 Å². The maximum atomic E-state index is 12.3. The minimum absolute atomic E-state index is 0.0292. The Morgan fingerprint density at radius 2 is 2.23 bits per heavy atom. The summed E-state index contributed by atoms with van der Waals surface area (Å²) in [6, 6.07) is 7.98. The van der Waals surface area contributed by atoms with Crippen LogP contribution in [0.4, 0.5) is 5.69 Å². The van der Waals surface area contributed by atoms with Crippen molar-refractivity contribution in [2.75, 3.05) is 25.1 Å². The smallest absolute Gasteiger partial charge is 0.227 e. The van der Waals surface area contributed by atoms with E-state index >= 15 is 0 Å². The standard InChI is InChI=1S/C17H22N2O3/c1-12-11-22-9-8-19(12)16(20)7-6-14-10-13-4-2-3-5-15(13)18-17(14)21/h2-5,12,14H,6-11H2,1H3,(H,18,21)/t12-,14+/m0/s1. The third kappa shape index (κ3) is 3.14. The molecular weight excluding hydrogens is 280 g/mol. The summed E-state index contributed by atoms with van der Waals surface area (Å²) in [5.41, 5.74) is 2.05. The van der Waals surface area contributed by atoms with Gasteiger partial charge in [0.2, 0.25) is 11.8 Å². The summed E-state index contributed by atoms with van der Waals surface area (Å²) in [5, 5.41) is 2.94. The van der Waals surface area contributed by atoms with Crippen molar-refractivity contribution in [1.29, 1.82) is 0 Å². The highest BCUT2D eigenvalue weighted by Crippen LogP contribution is 2.27. The number of nitrogens with zero attached hydrogens (tertiary/aromatic N) is 1. The van der Waals surface area contributed by atoms with Crippen molar-refractivity contribution in [3.05, 3.63) is 29.8 Å². The van der Waals surface area contributed by atoms with Crippen LogP contribution in [-0.2, 0) is 20.7 Å². The Kier molecular flexibility index (Phi) is 4.43. The Morgan fingerprint density at radius 1 is 1.41 bits per heavy atom. The van der Waals surface area contributed by atoms with E-state index in [9.17, 15) is 9.59 Å². The van der Waals surface area contributed by atoms with E-state index in [1.165, 1.54) is 0 Å². The van der Waals surface area contributed by atoms with Crippen LogP contribution in [0.25, 0.3) is 0 Å². The van der Waals surface area contributed by atoms with Gasteiger partial charge in [0.15, 0.2) is 0 Å². The van der Waals surface area contributed by atoms with Crippen LogP contribution >= 0.6 is 0 Å². The number of para-hydroxylation sites is 1. The molecule has 118 valence electrons. The summed E-state index contributed by atoms with van der Waals surface area (Å²) < 4.78 is 5.35. The van der Waals surface area contributed by atoms with E-state index in [1.54, 1.807) is 0 Å². The first-order valence-electron chi connectivity index (χ1n) is 7.91. The van der Waals surface area contributed by atoms with Gasteiger partial charge >= 0.3 is 0 Å². The van der Waals surface area contributed by atoms with Gasteiger partial charge in [-0.1, -0.05) is 18.2 Å². The molecule has 2 amide bonds. The van der Waals surface area contributed by atoms with Crippen molar-refractivity contribution in [3.8, 4) is 0 Å². The number of ether oxygens (including phenoxy) is 1. The van der Waals surface area contributed by atoms with Gasteiger partial charge in [-0.25, -0.2) is 0 Å². The van der Waals surface area contributed by atoms with Crippen molar-refractivity contribution < 1.29 is 14.3 Å². The highest BCUT2D eigenvalue weighted by Gasteiger charge is 2.28. The van der Waals surface area contributed by atoms with Crippen LogP contribution in [0.2, 0.25) is 0 Å². The van der Waals surface area contributed by atoms with Gasteiger partial charge < -0.3 is 15.0 Å². The summed E-state index contributed by atoms with van der Waals surface area (Å²) in [6.07, 6.45) is 1.74. The molecule has 2 aliphatic heterocycles. The van der Waals surface area contributed by atoms with Gasteiger partial charge in [-0.05, 0) is 31.4 Å². The molecule has 1 fully saturated rings. The van der Waals surface area contributed by atoms with Gasteiger partial charge in [0, 0.05) is 24.6 Å². The lowest BCUT2D eigenvalue weighted by Crippen LogP contribution is -2.47. The largest absolute Gasteiger partial charge is 0.377 e. The van der Waals surface area contributed by atoms with Crippen LogP contribution in [-0.4, -0.2) is 42.5 Å². The number of hydrogen-bond donors (Lipinski definition) is 1. The van der Waals surface area contributed by atoms with Gasteiger partial charge in [0.1, 0.15) is 0 Å². The van der Waals surface area contributed by atoms with E-state index in [2.05, 4.69) is 5.32 Å². The Morgan fingerprint density at radius 3 is 3.05 bits per heavy atom. The summed E-state index contributed by atoms with van der Waals surface area (Å²) in [4.78, 5) is 26.4. The van der Waals surface area contributed by atoms with Crippen molar-refractivity contribution >= 4 is 17.5 Å². The van der Waals surface area contributed by atoms with Crippen molar-refractivity contribution in [1.82, 2.24) is 4.90 Å². The van der Waals surface area contributed by atoms with Gasteiger partial charge in [-0.15, -0.1) is 0 Å². The molecule has 1 N–H and O–H groups in total. The van der Waals surface area contributed by atoms with E-state index in [0.29, 0.717) is 39.0 Å². The average Bonchev–Trinajstić information content (AvgIpc) is 2.53. The highest BCUT2D eigenvalue weighted by atomic mass is 16.5. The minimum atomic E-state index is -0.116. The van der Waals surface area contributed by atoms with E-state index in [4.69, 9.17) is 4.74 Å². The number of carbonyl (C=O) groups excluding carboxylic acids is 2. The number of fused-ring (bicyclic) bond motifs is 1. The lowest BCUT2D eigenvalue weighted by Gasteiger charge is -2.34. The third-order valence-corrected chi connectivity index (χ3v) is 4.51. The van der Waals surface area contributed by atoms with Crippen molar-refractivity contribution in [2.45, 2.75) is 32.2 Å². The lowest BCUT2D eigenvalue weighted by atomic mass is 9.89. The van der Waals surface area contributed by atoms with E-state index in [0.717, 1.165) is 11.3 Å². The molecule has 22 heavy (non-hydrogen) atoms. The topological polar surface area (TPSA) is 58.6 Å². The first-order chi connectivity index (χ1) is 10.6. The number of benzene rings is 1. The zero-order valence-corrected chi connectivity index (χ0v) is 12.9. The molecule has 1 aromatic rings. The van der Waals surface area contributed by atoms with Crippen LogP contribution in [0.3, 0.4) is 0 Å². The zero-order chi connectivity index (χ0) is 15.5. The molecule has 2 atom stereocenters. The Bertz CT molecular complexity index is 573. The Balaban J connectivity index is 1.57. The number of hydrogen-bond acceptors (Lipinski definition) is 3. The molecule has 0 radical (unpaired) electrons. The molecule has 2 heterocycles. The fourth-order valence-corrected chi connectivity index (χ4v) is 3.19. The molecule has 0 aromatic heterocycles. The molecule has 0 unspecified atom stereocenters. The second-order valence-corrected chi connectivity index (χ2v) is 6.10. The summed E-state index contributed by atoms with van der Waals surface area (Å²) in [7, 11) is 0. The van der Waals surface area contributed by atoms with Crippen LogP contribution in [0.15, 0.2) is 24.3 Å². The highest BCUT2D eigenvalue weighted by molar-refractivity contribution is 5.96. The van der Waals surface area contributed by atoms with E-state index in [-0.39, 0.29) is 23.8 Å². The molecule has 5 heteroatoms. The predicted octanol–water partition coefficient (Wildman–Crippen LogP) is 1.82. The number of nitrogens with one attached hydrogen (secondary N) is 1. The maximum Gasteiger partial charge on any atom is 0.227 e. The molecule has 1 saturated heterocycles. The van der Waals surface area contributed by atoms with E-state index < -0.39 is 0 Å². The van der Waals surface area contributed by atoms with Crippen LogP contribution in [0.1, 0.15) is 25.3 Å². The van der Waals surface area contributed by atoms with Crippen molar-refractivity contribution in [3.63, 3.8) is 0 Å². The predicted molar refractivity (Wildman–Crippen MR) is 83.5 cm³/mol. The lowest BCUT2D eigenvalue weighted by molar-refractivity contribution is -0.139. The zero-order valence-electron chi connectivity index (χ0n) is 12.9. The monoisotopic (exact) mass is 302 g/mol. The fraction of sp³-hybridized carbons (Fsp3) is 0.529. The summed E-state index contributed by atoms with van der Waals surface area (Å²) >= 11 is 0. The van der Waals surface area contributed by atoms with Crippen LogP contribution in [0, 0.1) is 5.92 Å². The molecule has 0 aliphatic carbocycles. The molecule has 3 rings (SSSR count). The fourth-order valence-electron chi connectivity index (χ4n) is 3.19. The first kappa shape index (κ1) is 15.0. The molecule has 0 spiro atoms. The number of morpholine rings is 1. The van der Waals surface area contributed by atoms with E-state index in [1.807, 2.05) is 36.1 Å². The molecule has 1 aromatic carbocycles. The van der Waals surface area contributed by atoms with Gasteiger partial charge in [0.25, 0.3) is 0 Å². The molecule has 5 nitrogen and oxygen atoms in total. The summed E-state index contributed by atoms with van der Waals surface area (Å²) in [5.74, 6) is 0.0409. The number of anilines is 1. The van der Waals surface area contributed by atoms with Crippen molar-refractivity contribution in [2.24, 2.45) is 5.92 Å². The molecule has 2 aliphatic rings. The molecular formula is C17H22N2O3. The number of amides is 2.